The lowest BCUT2D eigenvalue weighted by Crippen LogP contribution is -2.36. The van der Waals surface area contributed by atoms with Gasteiger partial charge >= 0.3 is 6.01 Å². The van der Waals surface area contributed by atoms with Crippen LogP contribution < -0.4 is 15.0 Å². The highest BCUT2D eigenvalue weighted by Crippen LogP contribution is 2.29. The summed E-state index contributed by atoms with van der Waals surface area (Å²) in [6, 6.07) is 0.496. The minimum atomic E-state index is 0.496. The van der Waals surface area contributed by atoms with E-state index in [0.717, 1.165) is 50.0 Å². The molecule has 1 N–H and O–H groups in total. The van der Waals surface area contributed by atoms with Crippen molar-refractivity contribution in [1.82, 2.24) is 15.3 Å². The van der Waals surface area contributed by atoms with E-state index >= 15 is 0 Å². The standard InChI is InChI=1S/C14H22N4O/c1-10-4-7-18(8-5-10)13-11-3-6-15-9-12(11)16-14(17-13)19-2/h10,15H,3-9H2,1-2H3. The molecule has 0 spiro atoms. The second-order valence-corrected chi connectivity index (χ2v) is 5.56. The number of nitrogens with one attached hydrogen (secondary N) is 1. The summed E-state index contributed by atoms with van der Waals surface area (Å²) in [5.74, 6) is 1.94. The van der Waals surface area contributed by atoms with Gasteiger partial charge in [0.1, 0.15) is 5.82 Å². The van der Waals surface area contributed by atoms with Crippen LogP contribution in [-0.2, 0) is 13.0 Å². The highest BCUT2D eigenvalue weighted by atomic mass is 16.5. The minimum absolute atomic E-state index is 0.496. The number of aromatic nitrogens is 2. The van der Waals surface area contributed by atoms with Crippen LogP contribution in [0.25, 0.3) is 0 Å². The molecule has 0 bridgehead atoms. The number of ether oxygens (including phenoxy) is 1. The molecule has 0 aliphatic carbocycles. The molecule has 2 aliphatic rings. The van der Waals surface area contributed by atoms with Crippen molar-refractivity contribution < 1.29 is 4.74 Å². The predicted molar refractivity (Wildman–Crippen MR) is 74.6 cm³/mol. The van der Waals surface area contributed by atoms with Crippen LogP contribution >= 0.6 is 0 Å². The Morgan fingerprint density at radius 2 is 2.05 bits per heavy atom. The summed E-state index contributed by atoms with van der Waals surface area (Å²) in [5, 5.41) is 3.37. The highest BCUT2D eigenvalue weighted by Gasteiger charge is 2.24. The first-order valence-corrected chi connectivity index (χ1v) is 7.17. The maximum atomic E-state index is 5.26. The Kier molecular flexibility index (Phi) is 3.55. The zero-order chi connectivity index (χ0) is 13.2. The Morgan fingerprint density at radius 3 is 2.79 bits per heavy atom. The Morgan fingerprint density at radius 1 is 1.26 bits per heavy atom. The SMILES string of the molecule is COc1nc2c(c(N3CCC(C)CC3)n1)CCNC2. The molecular formula is C14H22N4O. The molecule has 19 heavy (non-hydrogen) atoms. The molecule has 104 valence electrons. The van der Waals surface area contributed by atoms with Gasteiger partial charge < -0.3 is 15.0 Å². The quantitative estimate of drug-likeness (QED) is 0.872. The Hall–Kier alpha value is -1.36. The maximum Gasteiger partial charge on any atom is 0.318 e. The Balaban J connectivity index is 1.94. The van der Waals surface area contributed by atoms with E-state index in [1.54, 1.807) is 7.11 Å². The normalized spacial score (nSPS) is 20.2. The molecule has 0 atom stereocenters. The van der Waals surface area contributed by atoms with Crippen LogP contribution in [0, 0.1) is 5.92 Å². The number of rotatable bonds is 2. The number of hydrogen-bond donors (Lipinski definition) is 1. The average Bonchev–Trinajstić information content (AvgIpc) is 2.47. The summed E-state index contributed by atoms with van der Waals surface area (Å²) >= 11 is 0. The molecule has 1 saturated heterocycles. The summed E-state index contributed by atoms with van der Waals surface area (Å²) in [4.78, 5) is 11.5. The summed E-state index contributed by atoms with van der Waals surface area (Å²) in [5.41, 5.74) is 2.42. The predicted octanol–water partition coefficient (Wildman–Crippen LogP) is 1.37. The topological polar surface area (TPSA) is 50.3 Å². The van der Waals surface area contributed by atoms with Crippen molar-refractivity contribution in [3.05, 3.63) is 11.3 Å². The summed E-state index contributed by atoms with van der Waals surface area (Å²) in [6.07, 6.45) is 3.51. The first kappa shape index (κ1) is 12.7. The van der Waals surface area contributed by atoms with Gasteiger partial charge in [0, 0.05) is 25.2 Å². The van der Waals surface area contributed by atoms with Gasteiger partial charge in [-0.25, -0.2) is 0 Å². The lowest BCUT2D eigenvalue weighted by molar-refractivity contribution is 0.373. The van der Waals surface area contributed by atoms with Gasteiger partial charge in [0.25, 0.3) is 0 Å². The van der Waals surface area contributed by atoms with Crippen LogP contribution in [0.3, 0.4) is 0 Å². The number of nitrogens with zero attached hydrogens (tertiary/aromatic N) is 3. The van der Waals surface area contributed by atoms with Gasteiger partial charge in [-0.3, -0.25) is 0 Å². The highest BCUT2D eigenvalue weighted by molar-refractivity contribution is 5.51. The van der Waals surface area contributed by atoms with Crippen molar-refractivity contribution in [3.63, 3.8) is 0 Å². The van der Waals surface area contributed by atoms with E-state index in [1.165, 1.54) is 18.4 Å². The second-order valence-electron chi connectivity index (χ2n) is 5.56. The van der Waals surface area contributed by atoms with Crippen LogP contribution in [0.5, 0.6) is 6.01 Å². The zero-order valence-electron chi connectivity index (χ0n) is 11.8. The van der Waals surface area contributed by atoms with Crippen molar-refractivity contribution in [1.29, 1.82) is 0 Å². The Labute approximate surface area is 114 Å². The Bertz CT molecular complexity index is 455. The summed E-state index contributed by atoms with van der Waals surface area (Å²) < 4.78 is 5.26. The van der Waals surface area contributed by atoms with E-state index in [-0.39, 0.29) is 0 Å². The fourth-order valence-electron chi connectivity index (χ4n) is 2.89. The summed E-state index contributed by atoms with van der Waals surface area (Å²) in [6.45, 7) is 6.37. The average molecular weight is 262 g/mol. The smallest absolute Gasteiger partial charge is 0.318 e. The van der Waals surface area contributed by atoms with Crippen molar-refractivity contribution in [3.8, 4) is 6.01 Å². The van der Waals surface area contributed by atoms with Crippen LogP contribution in [0.4, 0.5) is 5.82 Å². The lowest BCUT2D eigenvalue weighted by atomic mass is 9.98. The number of hydrogen-bond acceptors (Lipinski definition) is 5. The van der Waals surface area contributed by atoms with E-state index < -0.39 is 0 Å². The second kappa shape index (κ2) is 5.33. The molecule has 0 saturated carbocycles. The van der Waals surface area contributed by atoms with Crippen LogP contribution in [-0.4, -0.2) is 36.7 Å². The fraction of sp³-hybridized carbons (Fsp3) is 0.714. The molecular weight excluding hydrogens is 240 g/mol. The molecule has 3 heterocycles. The molecule has 5 nitrogen and oxygen atoms in total. The maximum absolute atomic E-state index is 5.26. The van der Waals surface area contributed by atoms with Gasteiger partial charge in [-0.1, -0.05) is 6.92 Å². The number of piperidine rings is 1. The van der Waals surface area contributed by atoms with Gasteiger partial charge in [-0.15, -0.1) is 0 Å². The summed E-state index contributed by atoms with van der Waals surface area (Å²) in [7, 11) is 1.64. The number of fused-ring (bicyclic) bond motifs is 1. The molecule has 1 fully saturated rings. The monoisotopic (exact) mass is 262 g/mol. The largest absolute Gasteiger partial charge is 0.467 e. The molecule has 1 aromatic heterocycles. The lowest BCUT2D eigenvalue weighted by Gasteiger charge is -2.33. The van der Waals surface area contributed by atoms with E-state index in [0.29, 0.717) is 6.01 Å². The van der Waals surface area contributed by atoms with Gasteiger partial charge in [0.05, 0.1) is 12.8 Å². The van der Waals surface area contributed by atoms with Crippen LogP contribution in [0.1, 0.15) is 31.0 Å². The molecule has 0 unspecified atom stereocenters. The minimum Gasteiger partial charge on any atom is -0.467 e. The molecule has 5 heteroatoms. The van der Waals surface area contributed by atoms with Crippen LogP contribution in [0.2, 0.25) is 0 Å². The van der Waals surface area contributed by atoms with Gasteiger partial charge in [0.2, 0.25) is 0 Å². The molecule has 2 aliphatic heterocycles. The van der Waals surface area contributed by atoms with E-state index in [2.05, 4.69) is 27.1 Å². The van der Waals surface area contributed by atoms with E-state index in [4.69, 9.17) is 4.74 Å². The van der Waals surface area contributed by atoms with Crippen LogP contribution in [0.15, 0.2) is 0 Å². The molecule has 0 aromatic carbocycles. The van der Waals surface area contributed by atoms with Crippen molar-refractivity contribution in [2.75, 3.05) is 31.6 Å². The molecule has 0 radical (unpaired) electrons. The van der Waals surface area contributed by atoms with E-state index in [9.17, 15) is 0 Å². The van der Waals surface area contributed by atoms with Gasteiger partial charge in [0.15, 0.2) is 0 Å². The van der Waals surface area contributed by atoms with Gasteiger partial charge in [-0.05, 0) is 31.7 Å². The molecule has 0 amide bonds. The van der Waals surface area contributed by atoms with Gasteiger partial charge in [-0.2, -0.15) is 9.97 Å². The third-order valence-corrected chi connectivity index (χ3v) is 4.16. The van der Waals surface area contributed by atoms with Crippen molar-refractivity contribution >= 4 is 5.82 Å². The van der Waals surface area contributed by atoms with Crippen molar-refractivity contribution in [2.45, 2.75) is 32.7 Å². The fourth-order valence-corrected chi connectivity index (χ4v) is 2.89. The molecule has 3 rings (SSSR count). The third-order valence-electron chi connectivity index (χ3n) is 4.16. The number of methoxy groups -OCH3 is 1. The van der Waals surface area contributed by atoms with Crippen molar-refractivity contribution in [2.24, 2.45) is 5.92 Å². The third kappa shape index (κ3) is 2.52. The zero-order valence-corrected chi connectivity index (χ0v) is 11.8. The number of anilines is 1. The van der Waals surface area contributed by atoms with E-state index in [1.807, 2.05) is 0 Å². The molecule has 1 aromatic rings. The first-order valence-electron chi connectivity index (χ1n) is 7.17. The first-order chi connectivity index (χ1) is 9.28.